The van der Waals surface area contributed by atoms with Gasteiger partial charge in [0.25, 0.3) is 0 Å². The Morgan fingerprint density at radius 3 is 2.56 bits per heavy atom. The van der Waals surface area contributed by atoms with Crippen LogP contribution < -0.4 is 16.0 Å². The van der Waals surface area contributed by atoms with Gasteiger partial charge in [0, 0.05) is 13.0 Å². The Kier molecular flexibility index (Phi) is 12.2. The Morgan fingerprint density at radius 1 is 1.08 bits per heavy atom. The van der Waals surface area contributed by atoms with Crippen LogP contribution in [0.5, 0.6) is 0 Å². The molecular formula is C28H39N3O8. The lowest BCUT2D eigenvalue weighted by molar-refractivity contribution is -0.149. The van der Waals surface area contributed by atoms with Crippen molar-refractivity contribution in [1.82, 2.24) is 16.0 Å². The molecule has 1 fully saturated rings. The van der Waals surface area contributed by atoms with Crippen LogP contribution in [0.2, 0.25) is 0 Å². The zero-order valence-electron chi connectivity index (χ0n) is 22.2. The minimum atomic E-state index is -0.959. The van der Waals surface area contributed by atoms with E-state index >= 15 is 0 Å². The van der Waals surface area contributed by atoms with Crippen LogP contribution in [0.3, 0.4) is 0 Å². The number of hydrogen-bond donors (Lipinski definition) is 4. The number of nitrogens with one attached hydrogen (secondary N) is 3. The van der Waals surface area contributed by atoms with Crippen LogP contribution in [0.1, 0.15) is 50.5 Å². The van der Waals surface area contributed by atoms with E-state index in [1.807, 2.05) is 30.3 Å². The van der Waals surface area contributed by atoms with E-state index in [9.17, 15) is 19.2 Å². The summed E-state index contributed by atoms with van der Waals surface area (Å²) in [6.07, 6.45) is 6.18. The van der Waals surface area contributed by atoms with Crippen LogP contribution in [0.25, 0.3) is 0 Å². The van der Waals surface area contributed by atoms with Crippen LogP contribution in [0, 0.1) is 5.92 Å². The molecule has 4 N–H and O–H groups in total. The first-order chi connectivity index (χ1) is 18.9. The van der Waals surface area contributed by atoms with E-state index in [1.165, 1.54) is 0 Å². The molecule has 11 nitrogen and oxygen atoms in total. The van der Waals surface area contributed by atoms with E-state index < -0.39 is 29.6 Å². The lowest BCUT2D eigenvalue weighted by Crippen LogP contribution is -2.53. The molecule has 3 amide bonds. The summed E-state index contributed by atoms with van der Waals surface area (Å²) in [4.78, 5) is 51.1. The lowest BCUT2D eigenvalue weighted by atomic mass is 9.93. The second kappa shape index (κ2) is 15.8. The van der Waals surface area contributed by atoms with Gasteiger partial charge in [0.1, 0.15) is 19.3 Å². The average Bonchev–Trinajstić information content (AvgIpc) is 3.39. The van der Waals surface area contributed by atoms with E-state index in [1.54, 1.807) is 12.2 Å². The van der Waals surface area contributed by atoms with E-state index in [0.717, 1.165) is 18.4 Å². The fraction of sp³-hybridized carbons (Fsp3) is 0.571. The Hall–Kier alpha value is -3.44. The number of benzene rings is 1. The number of cyclic esters (lactones) is 1. The molecule has 11 heteroatoms. The summed E-state index contributed by atoms with van der Waals surface area (Å²) >= 11 is 0. The quantitative estimate of drug-likeness (QED) is 0.197. The standard InChI is InChI=1S/C28H39N3O8/c32-15-17-37-16-14-29-24(33)18-22-10-4-5-11-23(30-27(36)38-19-21-8-2-1-3-9-21)26(35)39-20-28(31-25(22)34)12-6-7-13-28/h1-5,8-9,22-23,32H,6-7,10-20H2,(H,29,33)(H,30,36)(H,31,34). The first kappa shape index (κ1) is 30.1. The first-order valence-electron chi connectivity index (χ1n) is 13.5. The van der Waals surface area contributed by atoms with Gasteiger partial charge in [-0.25, -0.2) is 9.59 Å². The van der Waals surface area contributed by atoms with Crippen molar-refractivity contribution in [2.24, 2.45) is 5.92 Å². The van der Waals surface area contributed by atoms with E-state index in [4.69, 9.17) is 19.3 Å². The molecule has 3 rings (SSSR count). The SMILES string of the molecule is O=C(CC1CC=CCC(NC(=O)OCc2ccccc2)C(=O)OCC2(CCCC2)NC1=O)NCCOCCO. The first-order valence-corrected chi connectivity index (χ1v) is 13.5. The molecule has 1 aliphatic heterocycles. The summed E-state index contributed by atoms with van der Waals surface area (Å²) in [5, 5.41) is 17.2. The van der Waals surface area contributed by atoms with Crippen molar-refractivity contribution < 1.29 is 38.5 Å². The smallest absolute Gasteiger partial charge is 0.408 e. The third kappa shape index (κ3) is 10.3. The number of rotatable bonds is 10. The molecular weight excluding hydrogens is 506 g/mol. The number of esters is 1. The maximum atomic E-state index is 13.2. The largest absolute Gasteiger partial charge is 0.462 e. The second-order valence-electron chi connectivity index (χ2n) is 9.87. The number of hydrogen-bond acceptors (Lipinski definition) is 8. The van der Waals surface area contributed by atoms with Gasteiger partial charge < -0.3 is 35.3 Å². The van der Waals surface area contributed by atoms with Gasteiger partial charge in [-0.05, 0) is 31.2 Å². The Labute approximate surface area is 228 Å². The molecule has 39 heavy (non-hydrogen) atoms. The van der Waals surface area contributed by atoms with E-state index in [0.29, 0.717) is 12.8 Å². The second-order valence-corrected chi connectivity index (χ2v) is 9.87. The Morgan fingerprint density at radius 2 is 1.82 bits per heavy atom. The van der Waals surface area contributed by atoms with Crippen LogP contribution in [-0.2, 0) is 35.2 Å². The predicted molar refractivity (Wildman–Crippen MR) is 141 cm³/mol. The number of alkyl carbamates (subject to hydrolysis) is 1. The van der Waals surface area contributed by atoms with E-state index in [2.05, 4.69) is 16.0 Å². The van der Waals surface area contributed by atoms with Gasteiger partial charge >= 0.3 is 12.1 Å². The topological polar surface area (TPSA) is 152 Å². The number of allylic oxidation sites excluding steroid dienone is 1. The van der Waals surface area contributed by atoms with Crippen molar-refractivity contribution in [2.45, 2.75) is 63.1 Å². The monoisotopic (exact) mass is 545 g/mol. The summed E-state index contributed by atoms with van der Waals surface area (Å²) in [7, 11) is 0. The minimum absolute atomic E-state index is 0.0142. The third-order valence-corrected chi connectivity index (χ3v) is 6.79. The molecule has 1 aliphatic carbocycles. The van der Waals surface area contributed by atoms with Gasteiger partial charge in [0.05, 0.1) is 31.3 Å². The summed E-state index contributed by atoms with van der Waals surface area (Å²) in [5.74, 6) is -1.76. The lowest BCUT2D eigenvalue weighted by Gasteiger charge is -2.32. The molecule has 1 saturated carbocycles. The summed E-state index contributed by atoms with van der Waals surface area (Å²) in [6.45, 7) is 0.691. The highest BCUT2D eigenvalue weighted by molar-refractivity contribution is 5.86. The zero-order valence-corrected chi connectivity index (χ0v) is 22.2. The van der Waals surface area contributed by atoms with Crippen molar-refractivity contribution in [3.05, 3.63) is 48.0 Å². The highest BCUT2D eigenvalue weighted by Crippen LogP contribution is 2.31. The van der Waals surface area contributed by atoms with Gasteiger partial charge in [-0.2, -0.15) is 0 Å². The highest BCUT2D eigenvalue weighted by Gasteiger charge is 2.39. The number of carbonyl (C=O) groups excluding carboxylic acids is 4. The van der Waals surface area contributed by atoms with Gasteiger partial charge in [-0.3, -0.25) is 9.59 Å². The summed E-state index contributed by atoms with van der Waals surface area (Å²) in [6, 6.07) is 8.25. The normalized spacial score (nSPS) is 21.3. The number of carbonyl (C=O) groups is 4. The highest BCUT2D eigenvalue weighted by atomic mass is 16.6. The maximum absolute atomic E-state index is 13.2. The molecule has 1 heterocycles. The van der Waals surface area contributed by atoms with Gasteiger partial charge in [0.15, 0.2) is 0 Å². The van der Waals surface area contributed by atoms with Crippen molar-refractivity contribution in [1.29, 1.82) is 0 Å². The molecule has 2 atom stereocenters. The molecule has 0 bridgehead atoms. The number of aliphatic hydroxyl groups is 1. The number of amides is 3. The number of ether oxygens (including phenoxy) is 3. The van der Waals surface area contributed by atoms with E-state index in [-0.39, 0.29) is 70.7 Å². The Balaban J connectivity index is 1.63. The predicted octanol–water partition coefficient (Wildman–Crippen LogP) is 1.74. The minimum Gasteiger partial charge on any atom is -0.462 e. The molecule has 1 aromatic carbocycles. The van der Waals surface area contributed by atoms with Crippen molar-refractivity contribution in [2.75, 3.05) is 33.0 Å². The summed E-state index contributed by atoms with van der Waals surface area (Å²) in [5.41, 5.74) is 0.112. The van der Waals surface area contributed by atoms with Crippen LogP contribution in [-0.4, -0.2) is 73.5 Å². The fourth-order valence-electron chi connectivity index (χ4n) is 4.65. The van der Waals surface area contributed by atoms with Crippen molar-refractivity contribution in [3.8, 4) is 0 Å². The van der Waals surface area contributed by atoms with Gasteiger partial charge in [-0.15, -0.1) is 0 Å². The van der Waals surface area contributed by atoms with Crippen molar-refractivity contribution in [3.63, 3.8) is 0 Å². The number of aliphatic hydroxyl groups excluding tert-OH is 1. The fourth-order valence-corrected chi connectivity index (χ4v) is 4.65. The van der Waals surface area contributed by atoms with Crippen LogP contribution >= 0.6 is 0 Å². The molecule has 2 unspecified atom stereocenters. The molecule has 2 aliphatic rings. The molecule has 214 valence electrons. The van der Waals surface area contributed by atoms with Crippen molar-refractivity contribution >= 4 is 23.9 Å². The van der Waals surface area contributed by atoms with Crippen LogP contribution in [0.4, 0.5) is 4.79 Å². The Bertz CT molecular complexity index is 978. The van der Waals surface area contributed by atoms with Crippen LogP contribution in [0.15, 0.2) is 42.5 Å². The zero-order chi connectivity index (χ0) is 27.9. The average molecular weight is 546 g/mol. The van der Waals surface area contributed by atoms with Gasteiger partial charge in [0.2, 0.25) is 11.8 Å². The molecule has 1 aromatic rings. The molecule has 0 radical (unpaired) electrons. The third-order valence-electron chi connectivity index (χ3n) is 6.79. The van der Waals surface area contributed by atoms with Gasteiger partial charge in [-0.1, -0.05) is 55.3 Å². The molecule has 0 aromatic heterocycles. The molecule has 1 spiro atoms. The maximum Gasteiger partial charge on any atom is 0.408 e. The molecule has 0 saturated heterocycles. The summed E-state index contributed by atoms with van der Waals surface area (Å²) < 4.78 is 16.0.